The zero-order chi connectivity index (χ0) is 12.3. The molecule has 17 heavy (non-hydrogen) atoms. The lowest BCUT2D eigenvalue weighted by Gasteiger charge is -2.26. The number of anilines is 1. The predicted octanol–water partition coefficient (Wildman–Crippen LogP) is 3.23. The minimum Gasteiger partial charge on any atom is -0.355 e. The van der Waals surface area contributed by atoms with E-state index < -0.39 is 0 Å². The smallest absolute Gasteiger partial charge is 0.151 e. The molecule has 0 N–H and O–H groups in total. The quantitative estimate of drug-likeness (QED) is 0.772. The maximum atomic E-state index is 5.71. The number of nitrogens with zero attached hydrogens (tertiary/aromatic N) is 3. The normalized spacial score (nSPS) is 18.6. The average Bonchev–Trinajstić information content (AvgIpc) is 2.84. The summed E-state index contributed by atoms with van der Waals surface area (Å²) in [5, 5.41) is 8.37. The Morgan fingerprint density at radius 2 is 2.06 bits per heavy atom. The Morgan fingerprint density at radius 3 is 2.53 bits per heavy atom. The molecular formula is C13H20ClN3. The van der Waals surface area contributed by atoms with Gasteiger partial charge in [-0.3, -0.25) is 0 Å². The highest BCUT2D eigenvalue weighted by atomic mass is 35.5. The molecule has 1 aliphatic rings. The van der Waals surface area contributed by atoms with Gasteiger partial charge in [0.25, 0.3) is 0 Å². The van der Waals surface area contributed by atoms with Crippen molar-refractivity contribution < 1.29 is 0 Å². The Bertz CT molecular complexity index is 359. The highest BCUT2D eigenvalue weighted by Crippen LogP contribution is 2.38. The molecule has 1 fully saturated rings. The molecular weight excluding hydrogens is 234 g/mol. The van der Waals surface area contributed by atoms with Gasteiger partial charge in [-0.1, -0.05) is 13.8 Å². The molecule has 1 aromatic rings. The van der Waals surface area contributed by atoms with Gasteiger partial charge in [-0.05, 0) is 36.8 Å². The van der Waals surface area contributed by atoms with E-state index in [4.69, 9.17) is 11.6 Å². The van der Waals surface area contributed by atoms with Crippen molar-refractivity contribution in [1.82, 2.24) is 10.2 Å². The summed E-state index contributed by atoms with van der Waals surface area (Å²) in [4.78, 5) is 2.35. The Hall–Kier alpha value is -0.830. The van der Waals surface area contributed by atoms with Crippen molar-refractivity contribution in [1.29, 1.82) is 0 Å². The van der Waals surface area contributed by atoms with E-state index in [9.17, 15) is 0 Å². The molecule has 0 aromatic carbocycles. The first-order chi connectivity index (χ1) is 8.23. The summed E-state index contributed by atoms with van der Waals surface area (Å²) in [6, 6.07) is 4.00. The largest absolute Gasteiger partial charge is 0.355 e. The van der Waals surface area contributed by atoms with Gasteiger partial charge in [0.15, 0.2) is 5.82 Å². The molecule has 0 spiro atoms. The highest BCUT2D eigenvalue weighted by Gasteiger charge is 2.35. The topological polar surface area (TPSA) is 29.0 Å². The van der Waals surface area contributed by atoms with Gasteiger partial charge in [0.05, 0.1) is 11.6 Å². The van der Waals surface area contributed by atoms with Crippen LogP contribution >= 0.6 is 11.6 Å². The number of rotatable bonds is 4. The SMILES string of the molecule is CCC1(CC)CCN(c2ccc(CCl)nn2)C1. The second kappa shape index (κ2) is 5.21. The first kappa shape index (κ1) is 12.6. The molecule has 3 nitrogen and oxygen atoms in total. The molecule has 0 unspecified atom stereocenters. The van der Waals surface area contributed by atoms with E-state index in [0.717, 1.165) is 24.6 Å². The minimum absolute atomic E-state index is 0.432. The van der Waals surface area contributed by atoms with Gasteiger partial charge < -0.3 is 4.90 Å². The highest BCUT2D eigenvalue weighted by molar-refractivity contribution is 6.16. The van der Waals surface area contributed by atoms with Crippen LogP contribution in [0.5, 0.6) is 0 Å². The fourth-order valence-corrected chi connectivity index (χ4v) is 2.69. The van der Waals surface area contributed by atoms with Crippen LogP contribution in [-0.2, 0) is 5.88 Å². The van der Waals surface area contributed by atoms with Crippen LogP contribution in [0.4, 0.5) is 5.82 Å². The van der Waals surface area contributed by atoms with Gasteiger partial charge in [0.1, 0.15) is 0 Å². The molecule has 4 heteroatoms. The van der Waals surface area contributed by atoms with E-state index in [-0.39, 0.29) is 0 Å². The van der Waals surface area contributed by atoms with E-state index in [1.165, 1.54) is 19.3 Å². The Morgan fingerprint density at radius 1 is 1.29 bits per heavy atom. The van der Waals surface area contributed by atoms with Crippen molar-refractivity contribution in [2.75, 3.05) is 18.0 Å². The van der Waals surface area contributed by atoms with Gasteiger partial charge >= 0.3 is 0 Å². The molecule has 0 aliphatic carbocycles. The third-order valence-corrected chi connectivity index (χ3v) is 4.38. The van der Waals surface area contributed by atoms with Crippen LogP contribution < -0.4 is 4.90 Å². The first-order valence-electron chi connectivity index (χ1n) is 6.36. The van der Waals surface area contributed by atoms with E-state index in [1.54, 1.807) is 0 Å². The van der Waals surface area contributed by atoms with Crippen molar-refractivity contribution in [2.24, 2.45) is 5.41 Å². The first-order valence-corrected chi connectivity index (χ1v) is 6.90. The molecule has 0 saturated carbocycles. The van der Waals surface area contributed by atoms with Crippen molar-refractivity contribution in [2.45, 2.75) is 39.0 Å². The maximum absolute atomic E-state index is 5.71. The molecule has 2 heterocycles. The fourth-order valence-electron chi connectivity index (χ4n) is 2.55. The number of hydrogen-bond donors (Lipinski definition) is 0. The van der Waals surface area contributed by atoms with E-state index >= 15 is 0 Å². The van der Waals surface area contributed by atoms with E-state index in [1.807, 2.05) is 12.1 Å². The van der Waals surface area contributed by atoms with Crippen LogP contribution in [0.15, 0.2) is 12.1 Å². The van der Waals surface area contributed by atoms with Gasteiger partial charge in [0.2, 0.25) is 0 Å². The van der Waals surface area contributed by atoms with Gasteiger partial charge in [0, 0.05) is 13.1 Å². The Labute approximate surface area is 108 Å². The summed E-state index contributed by atoms with van der Waals surface area (Å²) in [6.07, 6.45) is 3.75. The molecule has 1 aliphatic heterocycles. The standard InChI is InChI=1S/C13H20ClN3/c1-3-13(4-2)7-8-17(10-13)12-6-5-11(9-14)15-16-12/h5-6H,3-4,7-10H2,1-2H3. The number of hydrogen-bond acceptors (Lipinski definition) is 3. The number of halogens is 1. The summed E-state index contributed by atoms with van der Waals surface area (Å²) in [5.74, 6) is 1.42. The average molecular weight is 254 g/mol. The van der Waals surface area contributed by atoms with Crippen LogP contribution in [0.3, 0.4) is 0 Å². The second-order valence-corrected chi connectivity index (χ2v) is 5.16. The summed E-state index contributed by atoms with van der Waals surface area (Å²) in [7, 11) is 0. The third kappa shape index (κ3) is 2.54. The molecule has 1 aromatic heterocycles. The summed E-state index contributed by atoms with van der Waals surface area (Å²) < 4.78 is 0. The van der Waals surface area contributed by atoms with Gasteiger partial charge in [-0.2, -0.15) is 5.10 Å². The lowest BCUT2D eigenvalue weighted by Crippen LogP contribution is -2.26. The van der Waals surface area contributed by atoms with Gasteiger partial charge in [-0.25, -0.2) is 0 Å². The van der Waals surface area contributed by atoms with Crippen LogP contribution in [-0.4, -0.2) is 23.3 Å². The summed E-state index contributed by atoms with van der Waals surface area (Å²) in [5.41, 5.74) is 1.32. The molecule has 2 rings (SSSR count). The van der Waals surface area contributed by atoms with Crippen molar-refractivity contribution in [3.63, 3.8) is 0 Å². The molecule has 0 atom stereocenters. The van der Waals surface area contributed by atoms with Crippen LogP contribution in [0.2, 0.25) is 0 Å². The molecule has 0 radical (unpaired) electrons. The summed E-state index contributed by atoms with van der Waals surface area (Å²) in [6.45, 7) is 6.77. The van der Waals surface area contributed by atoms with Crippen LogP contribution in [0.1, 0.15) is 38.8 Å². The van der Waals surface area contributed by atoms with Crippen LogP contribution in [0.25, 0.3) is 0 Å². The van der Waals surface area contributed by atoms with Crippen molar-refractivity contribution in [3.8, 4) is 0 Å². The zero-order valence-corrected chi connectivity index (χ0v) is 11.4. The monoisotopic (exact) mass is 253 g/mol. The maximum Gasteiger partial charge on any atom is 0.151 e. The molecule has 0 bridgehead atoms. The van der Waals surface area contributed by atoms with Crippen LogP contribution in [0, 0.1) is 5.41 Å². The Balaban J connectivity index is 2.09. The van der Waals surface area contributed by atoms with Crippen molar-refractivity contribution in [3.05, 3.63) is 17.8 Å². The lowest BCUT2D eigenvalue weighted by molar-refractivity contribution is 0.301. The minimum atomic E-state index is 0.432. The molecule has 0 amide bonds. The molecule has 1 saturated heterocycles. The molecule has 94 valence electrons. The number of alkyl halides is 1. The lowest BCUT2D eigenvalue weighted by atomic mass is 9.82. The predicted molar refractivity (Wildman–Crippen MR) is 71.4 cm³/mol. The number of aromatic nitrogens is 2. The zero-order valence-electron chi connectivity index (χ0n) is 10.6. The summed E-state index contributed by atoms with van der Waals surface area (Å²) >= 11 is 5.71. The fraction of sp³-hybridized carbons (Fsp3) is 0.692. The van der Waals surface area contributed by atoms with E-state index in [0.29, 0.717) is 11.3 Å². The second-order valence-electron chi connectivity index (χ2n) is 4.90. The Kier molecular flexibility index (Phi) is 3.87. The van der Waals surface area contributed by atoms with Crippen molar-refractivity contribution >= 4 is 17.4 Å². The van der Waals surface area contributed by atoms with E-state index in [2.05, 4.69) is 28.9 Å². The third-order valence-electron chi connectivity index (χ3n) is 4.10. The van der Waals surface area contributed by atoms with Gasteiger partial charge in [-0.15, -0.1) is 16.7 Å².